The van der Waals surface area contributed by atoms with Crippen molar-refractivity contribution in [1.29, 1.82) is 0 Å². The van der Waals surface area contributed by atoms with Crippen LogP contribution in [0.25, 0.3) is 0 Å². The molecule has 0 unspecified atom stereocenters. The second-order valence-electron chi connectivity index (χ2n) is 6.71. The average molecular weight is 455 g/mol. The fraction of sp³-hybridized carbons (Fsp3) is 1.00. The van der Waals surface area contributed by atoms with Crippen molar-refractivity contribution < 1.29 is 0 Å². The lowest BCUT2D eigenvalue weighted by Gasteiger charge is -2.28. The van der Waals surface area contributed by atoms with Crippen LogP contribution in [-0.2, 0) is 0 Å². The topological polar surface area (TPSA) is 0 Å². The van der Waals surface area contributed by atoms with E-state index in [4.69, 9.17) is 0 Å². The molecule has 0 heterocycles. The van der Waals surface area contributed by atoms with E-state index in [1.165, 1.54) is 35.9 Å². The second kappa shape index (κ2) is 14.7. The first-order valence-corrected chi connectivity index (χ1v) is 24.5. The summed E-state index contributed by atoms with van der Waals surface area (Å²) < 4.78 is 0. The van der Waals surface area contributed by atoms with E-state index in [0.717, 1.165) is 0 Å². The molecule has 0 N–H and O–H groups in total. The van der Waals surface area contributed by atoms with Crippen molar-refractivity contribution in [3.05, 3.63) is 0 Å². The first-order valence-electron chi connectivity index (χ1n) is 8.28. The highest BCUT2D eigenvalue weighted by Gasteiger charge is 2.09. The van der Waals surface area contributed by atoms with Gasteiger partial charge in [0.05, 0.1) is 17.3 Å². The van der Waals surface area contributed by atoms with Gasteiger partial charge < -0.3 is 0 Å². The Morgan fingerprint density at radius 3 is 1.36 bits per heavy atom. The Labute approximate surface area is 163 Å². The fourth-order valence-corrected chi connectivity index (χ4v) is 19.4. The van der Waals surface area contributed by atoms with Crippen molar-refractivity contribution in [3.63, 3.8) is 0 Å². The molecule has 0 aromatic rings. The van der Waals surface area contributed by atoms with Crippen molar-refractivity contribution in [3.8, 4) is 0 Å². The third kappa shape index (κ3) is 16.0. The average Bonchev–Trinajstić information content (AvgIpc) is 2.48. The van der Waals surface area contributed by atoms with Gasteiger partial charge in [-0.05, 0) is 69.0 Å². The Morgan fingerprint density at radius 2 is 1.05 bits per heavy atom. The molecule has 0 aliphatic carbocycles. The van der Waals surface area contributed by atoms with Crippen LogP contribution in [0.5, 0.6) is 0 Å². The summed E-state index contributed by atoms with van der Waals surface area (Å²) in [6.07, 6.45) is 13.1. The van der Waals surface area contributed by atoms with Crippen LogP contribution >= 0.6 is 60.2 Å². The standard InChI is InChI=1S/C14H38S6Si2/c1-7-19(3,4)21-13-9-11-15-17-18-16-12-10-14-22-20(5,6)8-2/h7-14,21-22H2,1-6H3. The Kier molecular flexibility index (Phi) is 16.4. The first kappa shape index (κ1) is 24.5. The van der Waals surface area contributed by atoms with Crippen molar-refractivity contribution in [2.24, 2.45) is 0 Å². The zero-order valence-electron chi connectivity index (χ0n) is 15.5. The van der Waals surface area contributed by atoms with Crippen molar-refractivity contribution >= 4 is 77.5 Å². The fourth-order valence-electron chi connectivity index (χ4n) is 1.70. The molecule has 138 valence electrons. The maximum Gasteiger partial charge on any atom is 0.0649 e. The summed E-state index contributed by atoms with van der Waals surface area (Å²) in [4.78, 5) is 0. The third-order valence-corrected chi connectivity index (χ3v) is 28.4. The zero-order valence-corrected chi connectivity index (χ0v) is 23.2. The van der Waals surface area contributed by atoms with Gasteiger partial charge in [-0.25, -0.2) is 0 Å². The van der Waals surface area contributed by atoms with Crippen LogP contribution < -0.4 is 0 Å². The Morgan fingerprint density at radius 1 is 0.682 bits per heavy atom. The minimum Gasteiger partial charge on any atom is -0.264 e. The van der Waals surface area contributed by atoms with Crippen LogP contribution in [0.4, 0.5) is 0 Å². The highest BCUT2D eigenvalue weighted by atomic mass is 33.7. The smallest absolute Gasteiger partial charge is 0.0649 e. The number of rotatable bonds is 15. The molecule has 0 fully saturated rings. The second-order valence-corrected chi connectivity index (χ2v) is 35.2. The van der Waals surface area contributed by atoms with Crippen molar-refractivity contribution in [2.45, 2.75) is 38.8 Å². The predicted octanol–water partition coefficient (Wildman–Crippen LogP) is 5.62. The van der Waals surface area contributed by atoms with Crippen LogP contribution in [0.15, 0.2) is 0 Å². The molecule has 0 nitrogen and oxygen atoms in total. The molecule has 22 heavy (non-hydrogen) atoms. The molecule has 0 aliphatic heterocycles. The van der Waals surface area contributed by atoms with E-state index in [9.17, 15) is 0 Å². The summed E-state index contributed by atoms with van der Waals surface area (Å²) in [6, 6.07) is 3.14. The molecule has 0 rings (SSSR count). The van der Waals surface area contributed by atoms with Gasteiger partial charge in [0.1, 0.15) is 0 Å². The summed E-state index contributed by atoms with van der Waals surface area (Å²) >= 11 is 0. The summed E-state index contributed by atoms with van der Waals surface area (Å²) in [5.74, 6) is 5.64. The van der Waals surface area contributed by atoms with Crippen LogP contribution in [0.1, 0.15) is 26.7 Å². The zero-order chi connectivity index (χ0) is 16.9. The van der Waals surface area contributed by atoms with Crippen LogP contribution in [-0.4, -0.2) is 65.4 Å². The van der Waals surface area contributed by atoms with Gasteiger partial charge in [-0.2, -0.15) is 0 Å². The lowest BCUT2D eigenvalue weighted by Crippen LogP contribution is -2.07. The Bertz CT molecular complexity index is 238. The minimum absolute atomic E-state index is 0.124. The molecule has 0 aromatic heterocycles. The van der Waals surface area contributed by atoms with E-state index in [0.29, 0.717) is 0 Å². The maximum atomic E-state index is 2.54. The minimum atomic E-state index is -0.124. The quantitative estimate of drug-likeness (QED) is 0.179. The number of hydrogen-bond acceptors (Lipinski definition) is 4. The summed E-state index contributed by atoms with van der Waals surface area (Å²) in [5, 5.41) is 0. The molecule has 0 bridgehead atoms. The molecule has 0 amide bonds. The van der Waals surface area contributed by atoms with Crippen LogP contribution in [0.3, 0.4) is 0 Å². The number of hydrogen-bond donors (Lipinski definition) is 0. The Balaban J connectivity index is 3.21. The van der Waals surface area contributed by atoms with Crippen molar-refractivity contribution in [1.82, 2.24) is 0 Å². The lowest BCUT2D eigenvalue weighted by molar-refractivity contribution is 1.10. The molecule has 0 spiro atoms. The SMILES string of the molecule is CCS(C)(C)[SiH2]CCCSSSSCCC[SiH2]S(C)(C)CC. The normalized spacial score (nSPS) is 15.4. The molecule has 0 aliphatic rings. The van der Waals surface area contributed by atoms with Gasteiger partial charge in [0.25, 0.3) is 0 Å². The molecular formula is C14H38S6Si2. The molecule has 0 radical (unpaired) electrons. The van der Waals surface area contributed by atoms with Gasteiger partial charge in [-0.1, -0.05) is 47.5 Å². The van der Waals surface area contributed by atoms with Gasteiger partial charge in [0.15, 0.2) is 0 Å². The molecule has 0 aromatic carbocycles. The third-order valence-electron chi connectivity index (χ3n) is 4.04. The van der Waals surface area contributed by atoms with Crippen molar-refractivity contribution in [2.75, 3.05) is 48.0 Å². The molecule has 8 heteroatoms. The Hall–Kier alpha value is 2.53. The summed E-state index contributed by atoms with van der Waals surface area (Å²) in [5.41, 5.74) is 0. The molecule has 0 saturated heterocycles. The first-order chi connectivity index (χ1) is 10.3. The van der Waals surface area contributed by atoms with Crippen LogP contribution in [0.2, 0.25) is 12.1 Å². The van der Waals surface area contributed by atoms with E-state index < -0.39 is 0 Å². The van der Waals surface area contributed by atoms with E-state index in [-0.39, 0.29) is 36.3 Å². The lowest BCUT2D eigenvalue weighted by atomic mass is 10.6. The monoisotopic (exact) mass is 454 g/mol. The highest BCUT2D eigenvalue weighted by Crippen LogP contribution is 2.44. The highest BCUT2D eigenvalue weighted by molar-refractivity contribution is 9.26. The predicted molar refractivity (Wildman–Crippen MR) is 136 cm³/mol. The van der Waals surface area contributed by atoms with E-state index in [1.54, 1.807) is 12.1 Å². The van der Waals surface area contributed by atoms with Gasteiger partial charge in [0.2, 0.25) is 0 Å². The summed E-state index contributed by atoms with van der Waals surface area (Å²) in [7, 11) is 8.42. The van der Waals surface area contributed by atoms with Crippen LogP contribution in [0, 0.1) is 0 Å². The van der Waals surface area contributed by atoms with Gasteiger partial charge in [-0.15, -0.1) is 0 Å². The van der Waals surface area contributed by atoms with Gasteiger partial charge in [-0.3, -0.25) is 19.0 Å². The van der Waals surface area contributed by atoms with Gasteiger partial charge >= 0.3 is 0 Å². The molecule has 0 saturated carbocycles. The summed E-state index contributed by atoms with van der Waals surface area (Å²) in [6.45, 7) is 4.77. The van der Waals surface area contributed by atoms with E-state index in [2.05, 4.69) is 60.5 Å². The maximum absolute atomic E-state index is 2.54. The van der Waals surface area contributed by atoms with E-state index >= 15 is 0 Å². The molecular weight excluding hydrogens is 417 g/mol. The van der Waals surface area contributed by atoms with E-state index in [1.807, 2.05) is 19.7 Å². The van der Waals surface area contributed by atoms with Gasteiger partial charge in [0, 0.05) is 11.5 Å². The molecule has 0 atom stereocenters. The largest absolute Gasteiger partial charge is 0.264 e.